The number of aromatic nitrogens is 3. The number of fused-ring (bicyclic) bond motifs is 1. The zero-order valence-electron chi connectivity index (χ0n) is 15.1. The molecule has 2 amide bonds. The van der Waals surface area contributed by atoms with Crippen LogP contribution in [0.15, 0.2) is 53.3 Å². The van der Waals surface area contributed by atoms with Crippen LogP contribution in [0.2, 0.25) is 0 Å². The molecule has 1 unspecified atom stereocenters. The number of benzene rings is 1. The van der Waals surface area contributed by atoms with Gasteiger partial charge in [-0.2, -0.15) is 4.98 Å². The second-order valence-corrected chi connectivity index (χ2v) is 6.57. The number of hydrogen-bond acceptors (Lipinski definition) is 6. The quantitative estimate of drug-likeness (QED) is 0.683. The van der Waals surface area contributed by atoms with Gasteiger partial charge in [-0.05, 0) is 30.2 Å². The summed E-state index contributed by atoms with van der Waals surface area (Å²) in [6, 6.07) is 10.8. The number of para-hydroxylation sites is 1. The number of carbonyl (C=O) groups is 2. The Labute approximate surface area is 161 Å². The average Bonchev–Trinajstić information content (AvgIpc) is 3.17. The second-order valence-electron chi connectivity index (χ2n) is 6.57. The Morgan fingerprint density at radius 3 is 3.00 bits per heavy atom. The van der Waals surface area contributed by atoms with Crippen molar-refractivity contribution in [1.82, 2.24) is 20.4 Å². The monoisotopic (exact) mass is 377 g/mol. The Bertz CT molecular complexity index is 986. The molecule has 0 spiro atoms. The minimum absolute atomic E-state index is 0.0993. The number of nitrogens with one attached hydrogen (secondary N) is 2. The predicted octanol–water partition coefficient (Wildman–Crippen LogP) is 2.65. The third-order valence-electron chi connectivity index (χ3n) is 4.52. The molecule has 1 atom stereocenters. The van der Waals surface area contributed by atoms with Crippen molar-refractivity contribution in [2.24, 2.45) is 0 Å². The van der Waals surface area contributed by atoms with Gasteiger partial charge in [0.15, 0.2) is 0 Å². The van der Waals surface area contributed by atoms with Crippen molar-refractivity contribution < 1.29 is 14.1 Å². The van der Waals surface area contributed by atoms with Crippen LogP contribution in [0.25, 0.3) is 11.4 Å². The van der Waals surface area contributed by atoms with Gasteiger partial charge in [-0.1, -0.05) is 23.4 Å². The molecule has 0 fully saturated rings. The van der Waals surface area contributed by atoms with Gasteiger partial charge in [0.05, 0.1) is 12.5 Å². The number of carbonyl (C=O) groups excluding carboxylic acids is 2. The van der Waals surface area contributed by atoms with Gasteiger partial charge in [0.25, 0.3) is 0 Å². The van der Waals surface area contributed by atoms with Crippen LogP contribution in [-0.2, 0) is 16.0 Å². The molecule has 1 aromatic carbocycles. The molecule has 4 rings (SSSR count). The Hall–Kier alpha value is -3.55. The first kappa shape index (κ1) is 17.8. The zero-order valence-corrected chi connectivity index (χ0v) is 15.1. The van der Waals surface area contributed by atoms with Crippen LogP contribution in [0.5, 0.6) is 0 Å². The van der Waals surface area contributed by atoms with Gasteiger partial charge < -0.3 is 15.2 Å². The fourth-order valence-electron chi connectivity index (χ4n) is 3.18. The molecule has 2 aromatic heterocycles. The van der Waals surface area contributed by atoms with Crippen molar-refractivity contribution >= 4 is 17.5 Å². The molecule has 0 saturated heterocycles. The number of pyridine rings is 1. The first-order chi connectivity index (χ1) is 13.7. The van der Waals surface area contributed by atoms with Gasteiger partial charge in [-0.25, -0.2) is 0 Å². The van der Waals surface area contributed by atoms with Crippen molar-refractivity contribution in [3.8, 4) is 11.4 Å². The van der Waals surface area contributed by atoms with Crippen LogP contribution in [-0.4, -0.2) is 26.9 Å². The van der Waals surface area contributed by atoms with Gasteiger partial charge in [0, 0.05) is 36.5 Å². The van der Waals surface area contributed by atoms with E-state index in [2.05, 4.69) is 25.8 Å². The van der Waals surface area contributed by atoms with E-state index in [0.29, 0.717) is 31.0 Å². The van der Waals surface area contributed by atoms with Crippen LogP contribution in [0.4, 0.5) is 5.69 Å². The van der Waals surface area contributed by atoms with E-state index in [-0.39, 0.29) is 24.3 Å². The number of hydrogen-bond donors (Lipinski definition) is 2. The summed E-state index contributed by atoms with van der Waals surface area (Å²) >= 11 is 0. The SMILES string of the molecule is O=C1CC(NC(=O)CCCc2nc(-c3cccnc3)no2)c2ccccc2N1. The summed E-state index contributed by atoms with van der Waals surface area (Å²) < 4.78 is 5.24. The van der Waals surface area contributed by atoms with Crippen molar-refractivity contribution in [3.63, 3.8) is 0 Å². The van der Waals surface area contributed by atoms with Crippen molar-refractivity contribution in [2.45, 2.75) is 31.7 Å². The lowest BCUT2D eigenvalue weighted by Gasteiger charge is -2.26. The van der Waals surface area contributed by atoms with E-state index < -0.39 is 0 Å². The van der Waals surface area contributed by atoms with Crippen LogP contribution < -0.4 is 10.6 Å². The second kappa shape index (κ2) is 7.99. The van der Waals surface area contributed by atoms with Gasteiger partial charge in [-0.15, -0.1) is 0 Å². The molecular weight excluding hydrogens is 358 g/mol. The number of amides is 2. The van der Waals surface area contributed by atoms with Crippen LogP contribution in [0.3, 0.4) is 0 Å². The molecule has 0 bridgehead atoms. The van der Waals surface area contributed by atoms with Crippen LogP contribution >= 0.6 is 0 Å². The lowest BCUT2D eigenvalue weighted by Crippen LogP contribution is -2.35. The Balaban J connectivity index is 1.30. The molecule has 142 valence electrons. The summed E-state index contributed by atoms with van der Waals surface area (Å²) in [6.07, 6.45) is 4.97. The lowest BCUT2D eigenvalue weighted by molar-refractivity contribution is -0.122. The standard InChI is InChI=1S/C20H19N5O3/c26-17(23-16-11-18(27)22-15-7-2-1-6-14(15)16)8-3-9-19-24-20(25-28-19)13-5-4-10-21-12-13/h1-2,4-7,10,12,16H,3,8-9,11H2,(H,22,27)(H,23,26). The highest BCUT2D eigenvalue weighted by Crippen LogP contribution is 2.30. The van der Waals surface area contributed by atoms with E-state index in [9.17, 15) is 9.59 Å². The van der Waals surface area contributed by atoms with E-state index in [1.54, 1.807) is 18.5 Å². The molecular formula is C20H19N5O3. The average molecular weight is 377 g/mol. The normalized spacial score (nSPS) is 15.6. The summed E-state index contributed by atoms with van der Waals surface area (Å²) in [6.45, 7) is 0. The molecule has 3 aromatic rings. The van der Waals surface area contributed by atoms with Crippen LogP contribution in [0, 0.1) is 0 Å². The molecule has 8 heteroatoms. The van der Waals surface area contributed by atoms with Crippen molar-refractivity contribution in [1.29, 1.82) is 0 Å². The topological polar surface area (TPSA) is 110 Å². The first-order valence-electron chi connectivity index (χ1n) is 9.10. The Morgan fingerprint density at radius 2 is 2.14 bits per heavy atom. The van der Waals surface area contributed by atoms with E-state index in [1.807, 2.05) is 30.3 Å². The molecule has 0 aliphatic carbocycles. The van der Waals surface area contributed by atoms with Gasteiger partial charge in [0.1, 0.15) is 0 Å². The number of nitrogens with zero attached hydrogens (tertiary/aromatic N) is 3. The fraction of sp³-hybridized carbons (Fsp3) is 0.250. The molecule has 8 nitrogen and oxygen atoms in total. The summed E-state index contributed by atoms with van der Waals surface area (Å²) in [4.78, 5) is 32.5. The molecule has 28 heavy (non-hydrogen) atoms. The predicted molar refractivity (Wildman–Crippen MR) is 101 cm³/mol. The van der Waals surface area contributed by atoms with Gasteiger partial charge in [-0.3, -0.25) is 14.6 Å². The molecule has 1 aliphatic rings. The smallest absolute Gasteiger partial charge is 0.226 e. The first-order valence-corrected chi connectivity index (χ1v) is 9.10. The molecule has 1 aliphatic heterocycles. The summed E-state index contributed by atoms with van der Waals surface area (Å²) in [5, 5.41) is 9.71. The highest BCUT2D eigenvalue weighted by molar-refractivity contribution is 5.95. The summed E-state index contributed by atoms with van der Waals surface area (Å²) in [7, 11) is 0. The summed E-state index contributed by atoms with van der Waals surface area (Å²) in [5.74, 6) is 0.755. The highest BCUT2D eigenvalue weighted by Gasteiger charge is 2.25. The van der Waals surface area contributed by atoms with E-state index in [0.717, 1.165) is 16.8 Å². The number of rotatable bonds is 6. The Kier molecular flexibility index (Phi) is 5.09. The van der Waals surface area contributed by atoms with Crippen LogP contribution in [0.1, 0.15) is 36.8 Å². The zero-order chi connectivity index (χ0) is 19.3. The Morgan fingerprint density at radius 1 is 1.25 bits per heavy atom. The molecule has 3 heterocycles. The highest BCUT2D eigenvalue weighted by atomic mass is 16.5. The summed E-state index contributed by atoms with van der Waals surface area (Å²) in [5.41, 5.74) is 2.45. The molecule has 2 N–H and O–H groups in total. The van der Waals surface area contributed by atoms with E-state index in [1.165, 1.54) is 0 Å². The third kappa shape index (κ3) is 4.06. The maximum absolute atomic E-state index is 12.3. The van der Waals surface area contributed by atoms with E-state index in [4.69, 9.17) is 4.52 Å². The number of aryl methyl sites for hydroxylation is 1. The van der Waals surface area contributed by atoms with E-state index >= 15 is 0 Å². The van der Waals surface area contributed by atoms with Crippen molar-refractivity contribution in [3.05, 3.63) is 60.2 Å². The molecule has 0 saturated carbocycles. The maximum Gasteiger partial charge on any atom is 0.226 e. The minimum atomic E-state index is -0.307. The maximum atomic E-state index is 12.3. The number of anilines is 1. The van der Waals surface area contributed by atoms with Gasteiger partial charge in [0.2, 0.25) is 23.5 Å². The lowest BCUT2D eigenvalue weighted by atomic mass is 9.97. The van der Waals surface area contributed by atoms with Gasteiger partial charge >= 0.3 is 0 Å². The van der Waals surface area contributed by atoms with Crippen molar-refractivity contribution in [2.75, 3.05) is 5.32 Å². The molecule has 0 radical (unpaired) electrons. The minimum Gasteiger partial charge on any atom is -0.349 e. The fourth-order valence-corrected chi connectivity index (χ4v) is 3.18. The largest absolute Gasteiger partial charge is 0.349 e. The third-order valence-corrected chi connectivity index (χ3v) is 4.52.